The number of nitrogens with zero attached hydrogens (tertiary/aromatic N) is 2. The lowest BCUT2D eigenvalue weighted by Crippen LogP contribution is -2.52. The van der Waals surface area contributed by atoms with Gasteiger partial charge in [-0.3, -0.25) is 4.90 Å². The first kappa shape index (κ1) is 18.9. The molecule has 3 rings (SSSR count). The van der Waals surface area contributed by atoms with E-state index in [2.05, 4.69) is 67.1 Å². The molecule has 25 heavy (non-hydrogen) atoms. The molecule has 0 bridgehead atoms. The molecular formula is C22H37N3. The zero-order valence-corrected chi connectivity index (χ0v) is 16.7. The van der Waals surface area contributed by atoms with Crippen LogP contribution in [-0.2, 0) is 0 Å². The summed E-state index contributed by atoms with van der Waals surface area (Å²) < 4.78 is 0. The first-order valence-electron chi connectivity index (χ1n) is 10.3. The van der Waals surface area contributed by atoms with Crippen molar-refractivity contribution < 1.29 is 0 Å². The smallest absolute Gasteiger partial charge is 0.0476 e. The van der Waals surface area contributed by atoms with Crippen molar-refractivity contribution in [2.24, 2.45) is 5.92 Å². The van der Waals surface area contributed by atoms with Gasteiger partial charge in [-0.15, -0.1) is 0 Å². The number of rotatable bonds is 5. The SMILES string of the molecule is CC1CCCN(CC(c2ccc(C(C)C)cc2)N2CCNC(C)C2)C1. The fourth-order valence-electron chi connectivity index (χ4n) is 4.48. The number of hydrogen-bond acceptors (Lipinski definition) is 3. The van der Waals surface area contributed by atoms with E-state index in [0.717, 1.165) is 25.6 Å². The predicted octanol–water partition coefficient (Wildman–Crippen LogP) is 3.88. The number of likely N-dealkylation sites (tertiary alicyclic amines) is 1. The van der Waals surface area contributed by atoms with Crippen LogP contribution in [-0.4, -0.2) is 55.1 Å². The lowest BCUT2D eigenvalue weighted by Gasteiger charge is -2.41. The van der Waals surface area contributed by atoms with Gasteiger partial charge in [-0.05, 0) is 49.3 Å². The second kappa shape index (κ2) is 8.66. The molecule has 2 aliphatic heterocycles. The fraction of sp³-hybridized carbons (Fsp3) is 0.727. The van der Waals surface area contributed by atoms with Crippen LogP contribution >= 0.6 is 0 Å². The van der Waals surface area contributed by atoms with Crippen molar-refractivity contribution in [2.75, 3.05) is 39.3 Å². The van der Waals surface area contributed by atoms with E-state index in [9.17, 15) is 0 Å². The van der Waals surface area contributed by atoms with Crippen molar-refractivity contribution in [2.45, 2.75) is 58.5 Å². The first-order valence-corrected chi connectivity index (χ1v) is 10.3. The van der Waals surface area contributed by atoms with Crippen molar-refractivity contribution in [1.29, 1.82) is 0 Å². The zero-order valence-electron chi connectivity index (χ0n) is 16.7. The summed E-state index contributed by atoms with van der Waals surface area (Å²) in [4.78, 5) is 5.42. The highest BCUT2D eigenvalue weighted by Gasteiger charge is 2.28. The molecule has 3 nitrogen and oxygen atoms in total. The van der Waals surface area contributed by atoms with E-state index in [0.29, 0.717) is 18.0 Å². The Hall–Kier alpha value is -0.900. The Morgan fingerprint density at radius 2 is 1.76 bits per heavy atom. The fourth-order valence-corrected chi connectivity index (χ4v) is 4.48. The summed E-state index contributed by atoms with van der Waals surface area (Å²) in [5.74, 6) is 1.45. The summed E-state index contributed by atoms with van der Waals surface area (Å²) in [6, 6.07) is 10.6. The second-order valence-corrected chi connectivity index (χ2v) is 8.69. The van der Waals surface area contributed by atoms with E-state index in [1.54, 1.807) is 0 Å². The first-order chi connectivity index (χ1) is 12.0. The summed E-state index contributed by atoms with van der Waals surface area (Å²) in [5.41, 5.74) is 2.94. The van der Waals surface area contributed by atoms with E-state index >= 15 is 0 Å². The number of nitrogens with one attached hydrogen (secondary N) is 1. The highest BCUT2D eigenvalue weighted by molar-refractivity contribution is 5.27. The molecule has 1 N–H and O–H groups in total. The molecule has 3 heteroatoms. The van der Waals surface area contributed by atoms with Crippen molar-refractivity contribution in [3.05, 3.63) is 35.4 Å². The molecule has 3 unspecified atom stereocenters. The van der Waals surface area contributed by atoms with Gasteiger partial charge in [0.1, 0.15) is 0 Å². The highest BCUT2D eigenvalue weighted by atomic mass is 15.3. The molecule has 0 saturated carbocycles. The lowest BCUT2D eigenvalue weighted by molar-refractivity contribution is 0.0895. The minimum Gasteiger partial charge on any atom is -0.312 e. The third-order valence-electron chi connectivity index (χ3n) is 6.00. The Kier molecular flexibility index (Phi) is 6.54. The third-order valence-corrected chi connectivity index (χ3v) is 6.00. The summed E-state index contributed by atoms with van der Waals surface area (Å²) in [6.45, 7) is 16.4. The summed E-state index contributed by atoms with van der Waals surface area (Å²) >= 11 is 0. The van der Waals surface area contributed by atoms with E-state index in [-0.39, 0.29) is 0 Å². The van der Waals surface area contributed by atoms with Gasteiger partial charge in [-0.25, -0.2) is 0 Å². The molecular weight excluding hydrogens is 306 g/mol. The van der Waals surface area contributed by atoms with Crippen LogP contribution in [0.5, 0.6) is 0 Å². The molecule has 0 aromatic heterocycles. The molecule has 1 aromatic carbocycles. The van der Waals surface area contributed by atoms with Crippen LogP contribution < -0.4 is 5.32 Å². The summed E-state index contributed by atoms with van der Waals surface area (Å²) in [5, 5.41) is 3.60. The largest absolute Gasteiger partial charge is 0.312 e. The molecule has 2 aliphatic rings. The standard InChI is InChI=1S/C22H37N3/c1-17(2)20-7-9-21(10-8-20)22(25-13-11-23-19(4)15-25)16-24-12-5-6-18(3)14-24/h7-10,17-19,22-23H,5-6,11-16H2,1-4H3. The van der Waals surface area contributed by atoms with Gasteiger partial charge >= 0.3 is 0 Å². The highest BCUT2D eigenvalue weighted by Crippen LogP contribution is 2.27. The molecule has 0 amide bonds. The number of piperidine rings is 1. The molecule has 2 saturated heterocycles. The monoisotopic (exact) mass is 343 g/mol. The Balaban J connectivity index is 1.77. The van der Waals surface area contributed by atoms with Gasteiger partial charge in [-0.2, -0.15) is 0 Å². The predicted molar refractivity (Wildman–Crippen MR) is 107 cm³/mol. The van der Waals surface area contributed by atoms with Crippen LogP contribution in [0.4, 0.5) is 0 Å². The minimum atomic E-state index is 0.524. The summed E-state index contributed by atoms with van der Waals surface area (Å²) in [6.07, 6.45) is 2.76. The van der Waals surface area contributed by atoms with E-state index in [1.807, 2.05) is 0 Å². The molecule has 2 heterocycles. The lowest BCUT2D eigenvalue weighted by atomic mass is 9.95. The topological polar surface area (TPSA) is 18.5 Å². The van der Waals surface area contributed by atoms with Gasteiger partial charge in [0.15, 0.2) is 0 Å². The van der Waals surface area contributed by atoms with Gasteiger partial charge in [0.05, 0.1) is 0 Å². The van der Waals surface area contributed by atoms with Crippen LogP contribution in [0.15, 0.2) is 24.3 Å². The van der Waals surface area contributed by atoms with Crippen LogP contribution in [0, 0.1) is 5.92 Å². The van der Waals surface area contributed by atoms with Gasteiger partial charge in [0.25, 0.3) is 0 Å². The van der Waals surface area contributed by atoms with Gasteiger partial charge < -0.3 is 10.2 Å². The van der Waals surface area contributed by atoms with Crippen molar-refractivity contribution in [3.8, 4) is 0 Å². The maximum Gasteiger partial charge on any atom is 0.0476 e. The zero-order chi connectivity index (χ0) is 17.8. The normalized spacial score (nSPS) is 27.6. The molecule has 1 aromatic rings. The van der Waals surface area contributed by atoms with Crippen LogP contribution in [0.1, 0.15) is 63.6 Å². The average Bonchev–Trinajstić information content (AvgIpc) is 2.60. The van der Waals surface area contributed by atoms with Crippen LogP contribution in [0.2, 0.25) is 0 Å². The maximum absolute atomic E-state index is 3.60. The minimum absolute atomic E-state index is 0.524. The Morgan fingerprint density at radius 1 is 1.04 bits per heavy atom. The average molecular weight is 344 g/mol. The molecule has 0 spiro atoms. The van der Waals surface area contributed by atoms with Crippen LogP contribution in [0.3, 0.4) is 0 Å². The van der Waals surface area contributed by atoms with Crippen LogP contribution in [0.25, 0.3) is 0 Å². The number of piperazine rings is 1. The van der Waals surface area contributed by atoms with Gasteiger partial charge in [-0.1, -0.05) is 45.0 Å². The van der Waals surface area contributed by atoms with Crippen molar-refractivity contribution >= 4 is 0 Å². The quantitative estimate of drug-likeness (QED) is 0.875. The van der Waals surface area contributed by atoms with Crippen molar-refractivity contribution in [3.63, 3.8) is 0 Å². The molecule has 3 atom stereocenters. The molecule has 140 valence electrons. The maximum atomic E-state index is 3.60. The van der Waals surface area contributed by atoms with Gasteiger partial charge in [0, 0.05) is 44.8 Å². The van der Waals surface area contributed by atoms with E-state index in [4.69, 9.17) is 0 Å². The Morgan fingerprint density at radius 3 is 2.40 bits per heavy atom. The third kappa shape index (κ3) is 5.06. The van der Waals surface area contributed by atoms with E-state index < -0.39 is 0 Å². The molecule has 2 fully saturated rings. The number of hydrogen-bond donors (Lipinski definition) is 1. The second-order valence-electron chi connectivity index (χ2n) is 8.69. The van der Waals surface area contributed by atoms with Crippen molar-refractivity contribution in [1.82, 2.24) is 15.1 Å². The summed E-state index contributed by atoms with van der Waals surface area (Å²) in [7, 11) is 0. The Labute approximate surface area is 154 Å². The molecule has 0 radical (unpaired) electrons. The van der Waals surface area contributed by atoms with E-state index in [1.165, 1.54) is 43.6 Å². The molecule has 0 aliphatic carbocycles. The number of benzene rings is 1. The van der Waals surface area contributed by atoms with Gasteiger partial charge in [0.2, 0.25) is 0 Å². The Bertz CT molecular complexity index is 525.